The maximum absolute atomic E-state index is 12.5. The number of fused-ring (bicyclic) bond motifs is 1. The zero-order chi connectivity index (χ0) is 19.4. The molecule has 0 spiro atoms. The maximum atomic E-state index is 12.5. The van der Waals surface area contributed by atoms with E-state index in [1.54, 1.807) is 0 Å². The van der Waals surface area contributed by atoms with Crippen molar-refractivity contribution in [2.75, 3.05) is 26.2 Å². The molecule has 1 aliphatic rings. The van der Waals surface area contributed by atoms with Crippen LogP contribution in [-0.2, 0) is 13.6 Å². The van der Waals surface area contributed by atoms with Gasteiger partial charge in [-0.1, -0.05) is 12.1 Å². The van der Waals surface area contributed by atoms with Crippen LogP contribution in [0.25, 0.3) is 11.0 Å². The van der Waals surface area contributed by atoms with Crippen LogP contribution in [0.1, 0.15) is 19.2 Å². The van der Waals surface area contributed by atoms with E-state index < -0.39 is 12.7 Å². The highest BCUT2D eigenvalue weighted by Crippen LogP contribution is 2.20. The molecule has 156 valence electrons. The van der Waals surface area contributed by atoms with Gasteiger partial charge in [0.05, 0.1) is 17.6 Å². The van der Waals surface area contributed by atoms with Crippen molar-refractivity contribution >= 4 is 41.0 Å². The maximum Gasteiger partial charge on any atom is 0.401 e. The molecule has 2 heterocycles. The van der Waals surface area contributed by atoms with Gasteiger partial charge in [0.25, 0.3) is 0 Å². The summed E-state index contributed by atoms with van der Waals surface area (Å²) in [4.78, 5) is 10.6. The Balaban J connectivity index is 0.00000280. The smallest absolute Gasteiger partial charge is 0.357 e. The number of aliphatic imine (C=N–C) groups is 1. The second-order valence-electron chi connectivity index (χ2n) is 6.75. The van der Waals surface area contributed by atoms with Crippen molar-refractivity contribution < 1.29 is 13.2 Å². The molecular formula is C18H26F3IN6. The fourth-order valence-electron chi connectivity index (χ4n) is 3.35. The van der Waals surface area contributed by atoms with Crippen molar-refractivity contribution in [1.29, 1.82) is 0 Å². The van der Waals surface area contributed by atoms with Gasteiger partial charge in [0.15, 0.2) is 5.96 Å². The highest BCUT2D eigenvalue weighted by Gasteiger charge is 2.34. The van der Waals surface area contributed by atoms with Gasteiger partial charge in [0, 0.05) is 32.7 Å². The van der Waals surface area contributed by atoms with Crippen molar-refractivity contribution in [2.45, 2.75) is 32.1 Å². The summed E-state index contributed by atoms with van der Waals surface area (Å²) < 4.78 is 39.6. The molecule has 1 aromatic carbocycles. The van der Waals surface area contributed by atoms with Gasteiger partial charge in [-0.3, -0.25) is 4.90 Å². The molecule has 3 rings (SSSR count). The van der Waals surface area contributed by atoms with Crippen LogP contribution in [0, 0.1) is 0 Å². The molecule has 6 nitrogen and oxygen atoms in total. The number of alkyl halides is 3. The minimum absolute atomic E-state index is 0. The van der Waals surface area contributed by atoms with Crippen molar-refractivity contribution in [3.8, 4) is 0 Å². The Morgan fingerprint density at radius 3 is 2.75 bits per heavy atom. The Morgan fingerprint density at radius 2 is 2.07 bits per heavy atom. The van der Waals surface area contributed by atoms with Gasteiger partial charge in [-0.2, -0.15) is 13.2 Å². The van der Waals surface area contributed by atoms with Crippen LogP contribution >= 0.6 is 24.0 Å². The average molecular weight is 510 g/mol. The zero-order valence-electron chi connectivity index (χ0n) is 16.0. The second-order valence-corrected chi connectivity index (χ2v) is 6.75. The number of hydrogen-bond acceptors (Lipinski definition) is 3. The lowest BCUT2D eigenvalue weighted by Gasteiger charge is -2.19. The van der Waals surface area contributed by atoms with E-state index in [2.05, 4.69) is 20.6 Å². The molecule has 10 heteroatoms. The summed E-state index contributed by atoms with van der Waals surface area (Å²) in [7, 11) is 1.95. The summed E-state index contributed by atoms with van der Waals surface area (Å²) >= 11 is 0. The molecule has 1 unspecified atom stereocenters. The predicted molar refractivity (Wildman–Crippen MR) is 115 cm³/mol. The lowest BCUT2D eigenvalue weighted by Crippen LogP contribution is -2.45. The van der Waals surface area contributed by atoms with E-state index in [1.807, 2.05) is 42.8 Å². The number of benzene rings is 1. The first-order valence-electron chi connectivity index (χ1n) is 9.10. The number of nitrogens with one attached hydrogen (secondary N) is 2. The first-order valence-corrected chi connectivity index (χ1v) is 9.10. The monoisotopic (exact) mass is 510 g/mol. The van der Waals surface area contributed by atoms with Crippen LogP contribution in [0.4, 0.5) is 13.2 Å². The fraction of sp³-hybridized carbons (Fsp3) is 0.556. The van der Waals surface area contributed by atoms with E-state index in [0.717, 1.165) is 16.9 Å². The molecule has 0 radical (unpaired) electrons. The number of likely N-dealkylation sites (tertiary alicyclic amines) is 1. The van der Waals surface area contributed by atoms with E-state index in [4.69, 9.17) is 0 Å². The van der Waals surface area contributed by atoms with Crippen LogP contribution in [0.3, 0.4) is 0 Å². The van der Waals surface area contributed by atoms with Crippen molar-refractivity contribution in [3.05, 3.63) is 30.1 Å². The summed E-state index contributed by atoms with van der Waals surface area (Å²) in [6.45, 7) is 2.94. The van der Waals surface area contributed by atoms with Gasteiger partial charge in [-0.15, -0.1) is 24.0 Å². The molecule has 1 fully saturated rings. The third-order valence-corrected chi connectivity index (χ3v) is 4.62. The molecule has 0 bridgehead atoms. The Kier molecular flexibility index (Phi) is 7.93. The number of guanidine groups is 1. The topological polar surface area (TPSA) is 57.5 Å². The average Bonchev–Trinajstić information content (AvgIpc) is 3.16. The lowest BCUT2D eigenvalue weighted by molar-refractivity contribution is -0.143. The Morgan fingerprint density at radius 1 is 1.32 bits per heavy atom. The molecule has 0 saturated carbocycles. The number of aromatic nitrogens is 2. The fourth-order valence-corrected chi connectivity index (χ4v) is 3.35. The van der Waals surface area contributed by atoms with E-state index >= 15 is 0 Å². The zero-order valence-corrected chi connectivity index (χ0v) is 18.3. The minimum atomic E-state index is -4.16. The number of rotatable bonds is 5. The third-order valence-electron chi connectivity index (χ3n) is 4.62. The molecule has 2 aromatic rings. The van der Waals surface area contributed by atoms with E-state index in [-0.39, 0.29) is 30.0 Å². The van der Waals surface area contributed by atoms with E-state index in [1.165, 1.54) is 4.90 Å². The molecule has 1 aliphatic heterocycles. The van der Waals surface area contributed by atoms with Gasteiger partial charge in [-0.25, -0.2) is 9.98 Å². The highest BCUT2D eigenvalue weighted by atomic mass is 127. The first-order chi connectivity index (χ1) is 12.9. The number of halogens is 4. The lowest BCUT2D eigenvalue weighted by atomic mass is 10.3. The van der Waals surface area contributed by atoms with Crippen molar-refractivity contribution in [2.24, 2.45) is 12.0 Å². The largest absolute Gasteiger partial charge is 0.401 e. The third kappa shape index (κ3) is 5.97. The van der Waals surface area contributed by atoms with Crippen LogP contribution in [0.15, 0.2) is 29.3 Å². The Bertz CT molecular complexity index is 804. The Hall–Kier alpha value is -1.56. The summed E-state index contributed by atoms with van der Waals surface area (Å²) in [5.74, 6) is 1.43. The standard InChI is InChI=1S/C18H25F3N6.HI/c1-3-22-17(24-13-8-9-27(11-13)12-18(19,20)21)23-10-16-25-14-6-4-5-7-15(14)26(16)2;/h4-7,13H,3,8-12H2,1-2H3,(H2,22,23,24);1H. The van der Waals surface area contributed by atoms with Gasteiger partial charge >= 0.3 is 6.18 Å². The highest BCUT2D eigenvalue weighted by molar-refractivity contribution is 14.0. The molecule has 2 N–H and O–H groups in total. The number of imidazole rings is 1. The molecule has 0 aliphatic carbocycles. The molecular weight excluding hydrogens is 484 g/mol. The van der Waals surface area contributed by atoms with Gasteiger partial charge < -0.3 is 15.2 Å². The second kappa shape index (κ2) is 9.77. The summed E-state index contributed by atoms with van der Waals surface area (Å²) in [6, 6.07) is 7.83. The van der Waals surface area contributed by atoms with E-state index in [0.29, 0.717) is 38.6 Å². The number of hydrogen-bond donors (Lipinski definition) is 2. The van der Waals surface area contributed by atoms with Gasteiger partial charge in [0.2, 0.25) is 0 Å². The van der Waals surface area contributed by atoms with Crippen molar-refractivity contribution in [3.63, 3.8) is 0 Å². The molecule has 1 atom stereocenters. The quantitative estimate of drug-likeness (QED) is 0.369. The van der Waals surface area contributed by atoms with Crippen LogP contribution < -0.4 is 10.6 Å². The van der Waals surface area contributed by atoms with Gasteiger partial charge in [0.1, 0.15) is 12.4 Å². The minimum Gasteiger partial charge on any atom is -0.357 e. The first kappa shape index (κ1) is 22.7. The summed E-state index contributed by atoms with van der Waals surface area (Å²) in [6.07, 6.45) is -3.50. The normalized spacial score (nSPS) is 18.3. The van der Waals surface area contributed by atoms with Crippen LogP contribution in [-0.4, -0.2) is 58.8 Å². The van der Waals surface area contributed by atoms with Crippen LogP contribution in [0.2, 0.25) is 0 Å². The SMILES string of the molecule is CCNC(=NCc1nc2ccccc2n1C)NC1CCN(CC(F)(F)F)C1.I. The summed E-state index contributed by atoms with van der Waals surface area (Å²) in [5.41, 5.74) is 1.96. The number of nitrogens with zero attached hydrogens (tertiary/aromatic N) is 4. The molecule has 0 amide bonds. The van der Waals surface area contributed by atoms with Gasteiger partial charge in [-0.05, 0) is 25.5 Å². The molecule has 1 saturated heterocycles. The molecule has 1 aromatic heterocycles. The van der Waals surface area contributed by atoms with Crippen molar-refractivity contribution in [1.82, 2.24) is 25.1 Å². The Labute approximate surface area is 179 Å². The predicted octanol–water partition coefficient (Wildman–Crippen LogP) is 2.88. The summed E-state index contributed by atoms with van der Waals surface area (Å²) in [5, 5.41) is 6.41. The number of para-hydroxylation sites is 2. The van der Waals surface area contributed by atoms with E-state index in [9.17, 15) is 13.2 Å². The number of aryl methyl sites for hydroxylation is 1. The van der Waals surface area contributed by atoms with Crippen LogP contribution in [0.5, 0.6) is 0 Å². The molecule has 28 heavy (non-hydrogen) atoms.